The van der Waals surface area contributed by atoms with Crippen molar-refractivity contribution in [1.29, 1.82) is 0 Å². The van der Waals surface area contributed by atoms with Crippen LogP contribution >= 0.6 is 0 Å². The maximum Gasteiger partial charge on any atom is 0.267 e. The van der Waals surface area contributed by atoms with E-state index in [1.807, 2.05) is 13.8 Å². The fourth-order valence-corrected chi connectivity index (χ4v) is 3.05. The molecule has 0 saturated carbocycles. The van der Waals surface area contributed by atoms with Crippen molar-refractivity contribution in [1.82, 2.24) is 14.8 Å². The summed E-state index contributed by atoms with van der Waals surface area (Å²) in [4.78, 5) is 28.6. The molecule has 0 aromatic carbocycles. The van der Waals surface area contributed by atoms with E-state index in [1.54, 1.807) is 18.2 Å². The lowest BCUT2D eigenvalue weighted by molar-refractivity contribution is -0.117. The standard InChI is InChI=1S/C19H22N4O2/c1-13-10-16(11-14(2)20-13)21-18(24)12-23-19(25)9-8-17(22-23)15-6-4-3-5-7-15/h6,8-11H,3-5,7,12H2,1-2H3,(H,20,21,24). The van der Waals surface area contributed by atoms with Crippen molar-refractivity contribution < 1.29 is 4.79 Å². The van der Waals surface area contributed by atoms with Crippen LogP contribution in [0.3, 0.4) is 0 Å². The van der Waals surface area contributed by atoms with Crippen molar-refractivity contribution in [3.05, 3.63) is 57.8 Å². The molecule has 0 saturated heterocycles. The summed E-state index contributed by atoms with van der Waals surface area (Å²) in [6.07, 6.45) is 6.50. The monoisotopic (exact) mass is 338 g/mol. The predicted molar refractivity (Wildman–Crippen MR) is 97.3 cm³/mol. The van der Waals surface area contributed by atoms with Gasteiger partial charge in [0.15, 0.2) is 0 Å². The van der Waals surface area contributed by atoms with E-state index in [-0.39, 0.29) is 18.0 Å². The van der Waals surface area contributed by atoms with Crippen LogP contribution in [0.4, 0.5) is 5.69 Å². The van der Waals surface area contributed by atoms with Crippen molar-refractivity contribution >= 4 is 17.2 Å². The maximum absolute atomic E-state index is 12.3. The summed E-state index contributed by atoms with van der Waals surface area (Å²) in [6, 6.07) is 6.81. The lowest BCUT2D eigenvalue weighted by Crippen LogP contribution is -2.29. The largest absolute Gasteiger partial charge is 0.324 e. The number of aryl methyl sites for hydroxylation is 2. The Morgan fingerprint density at radius 2 is 1.96 bits per heavy atom. The van der Waals surface area contributed by atoms with Gasteiger partial charge in [-0.15, -0.1) is 0 Å². The van der Waals surface area contributed by atoms with Gasteiger partial charge in [-0.05, 0) is 63.3 Å². The van der Waals surface area contributed by atoms with Crippen molar-refractivity contribution in [2.45, 2.75) is 46.1 Å². The molecule has 0 bridgehead atoms. The second-order valence-electron chi connectivity index (χ2n) is 6.38. The number of hydrogen-bond acceptors (Lipinski definition) is 4. The highest BCUT2D eigenvalue weighted by Gasteiger charge is 2.12. The first-order valence-corrected chi connectivity index (χ1v) is 8.54. The minimum absolute atomic E-state index is 0.111. The Labute approximate surface area is 146 Å². The molecule has 0 aliphatic heterocycles. The Morgan fingerprint density at radius 3 is 2.64 bits per heavy atom. The molecule has 2 aromatic rings. The normalized spacial score (nSPS) is 14.1. The van der Waals surface area contributed by atoms with Crippen molar-refractivity contribution in [2.75, 3.05) is 5.32 Å². The predicted octanol–water partition coefficient (Wildman–Crippen LogP) is 2.85. The van der Waals surface area contributed by atoms with Crippen molar-refractivity contribution in [2.24, 2.45) is 0 Å². The number of carbonyl (C=O) groups excluding carboxylic acids is 1. The van der Waals surface area contributed by atoms with E-state index in [9.17, 15) is 9.59 Å². The molecule has 0 fully saturated rings. The first-order chi connectivity index (χ1) is 12.0. The van der Waals surface area contributed by atoms with Gasteiger partial charge in [0.2, 0.25) is 5.91 Å². The molecule has 2 aromatic heterocycles. The summed E-state index contributed by atoms with van der Waals surface area (Å²) in [6.45, 7) is 3.63. The Morgan fingerprint density at radius 1 is 1.20 bits per heavy atom. The lowest BCUT2D eigenvalue weighted by Gasteiger charge is -2.13. The number of hydrogen-bond donors (Lipinski definition) is 1. The fraction of sp³-hybridized carbons (Fsp3) is 0.368. The van der Waals surface area contributed by atoms with Crippen molar-refractivity contribution in [3.63, 3.8) is 0 Å². The van der Waals surface area contributed by atoms with Gasteiger partial charge in [0.1, 0.15) is 6.54 Å². The average molecular weight is 338 g/mol. The molecule has 0 unspecified atom stereocenters. The molecule has 1 N–H and O–H groups in total. The number of nitrogens with one attached hydrogen (secondary N) is 1. The average Bonchev–Trinajstić information content (AvgIpc) is 2.56. The van der Waals surface area contributed by atoms with Gasteiger partial charge in [-0.2, -0.15) is 5.10 Å². The van der Waals surface area contributed by atoms with Crippen LogP contribution in [0.1, 0.15) is 42.8 Å². The van der Waals surface area contributed by atoms with E-state index >= 15 is 0 Å². The molecule has 0 radical (unpaired) electrons. The zero-order chi connectivity index (χ0) is 17.8. The van der Waals surface area contributed by atoms with Crippen LogP contribution < -0.4 is 10.9 Å². The molecule has 6 nitrogen and oxygen atoms in total. The molecule has 0 atom stereocenters. The number of rotatable bonds is 4. The molecule has 1 aliphatic carbocycles. The van der Waals surface area contributed by atoms with Crippen molar-refractivity contribution in [3.8, 4) is 0 Å². The Hall–Kier alpha value is -2.76. The summed E-state index contributed by atoms with van der Waals surface area (Å²) in [5, 5.41) is 7.18. The molecule has 3 rings (SSSR count). The zero-order valence-corrected chi connectivity index (χ0v) is 14.6. The van der Waals surface area contributed by atoms with Gasteiger partial charge in [0.25, 0.3) is 5.56 Å². The third-order valence-electron chi connectivity index (χ3n) is 4.15. The van der Waals surface area contributed by atoms with E-state index < -0.39 is 0 Å². The summed E-state index contributed by atoms with van der Waals surface area (Å²) < 4.78 is 1.22. The summed E-state index contributed by atoms with van der Waals surface area (Å²) >= 11 is 0. The van der Waals surface area contributed by atoms with Gasteiger partial charge in [-0.1, -0.05) is 6.08 Å². The highest BCUT2D eigenvalue weighted by molar-refractivity contribution is 5.90. The third kappa shape index (κ3) is 4.41. The van der Waals surface area contributed by atoms with Crippen LogP contribution in [0.15, 0.2) is 35.1 Å². The third-order valence-corrected chi connectivity index (χ3v) is 4.15. The molecule has 0 spiro atoms. The van der Waals surface area contributed by atoms with Crippen LogP contribution in [-0.2, 0) is 11.3 Å². The number of nitrogens with zero attached hydrogens (tertiary/aromatic N) is 3. The molecule has 1 amide bonds. The molecule has 2 heterocycles. The molecule has 1 aliphatic rings. The van der Waals surface area contributed by atoms with Crippen LogP contribution in [0.5, 0.6) is 0 Å². The maximum atomic E-state index is 12.3. The van der Waals surface area contributed by atoms with E-state index in [1.165, 1.54) is 17.2 Å². The molecule has 6 heteroatoms. The number of aromatic nitrogens is 3. The Kier molecular flexibility index (Phi) is 5.07. The second-order valence-corrected chi connectivity index (χ2v) is 6.38. The smallest absolute Gasteiger partial charge is 0.267 e. The Balaban J connectivity index is 1.76. The van der Waals surface area contributed by atoms with Gasteiger partial charge in [0.05, 0.1) is 5.69 Å². The van der Waals surface area contributed by atoms with E-state index in [0.717, 1.165) is 41.9 Å². The summed E-state index contributed by atoms with van der Waals surface area (Å²) in [7, 11) is 0. The van der Waals surface area contributed by atoms with Crippen LogP contribution in [0, 0.1) is 13.8 Å². The number of allylic oxidation sites excluding steroid dienone is 2. The molecular weight excluding hydrogens is 316 g/mol. The topological polar surface area (TPSA) is 76.9 Å². The van der Waals surface area contributed by atoms with E-state index in [4.69, 9.17) is 0 Å². The van der Waals surface area contributed by atoms with E-state index in [0.29, 0.717) is 5.69 Å². The lowest BCUT2D eigenvalue weighted by atomic mass is 9.97. The van der Waals surface area contributed by atoms with Crippen LogP contribution in [-0.4, -0.2) is 20.7 Å². The molecule has 25 heavy (non-hydrogen) atoms. The summed E-state index contributed by atoms with van der Waals surface area (Å²) in [5.74, 6) is -0.283. The fourth-order valence-electron chi connectivity index (χ4n) is 3.05. The first kappa shape index (κ1) is 17.1. The number of pyridine rings is 1. The van der Waals surface area contributed by atoms with Crippen LogP contribution in [0.25, 0.3) is 5.57 Å². The Bertz CT molecular complexity index is 863. The minimum Gasteiger partial charge on any atom is -0.324 e. The molecule has 130 valence electrons. The van der Waals surface area contributed by atoms with Gasteiger partial charge in [-0.3, -0.25) is 14.6 Å². The molecular formula is C19H22N4O2. The second kappa shape index (κ2) is 7.42. The summed E-state index contributed by atoms with van der Waals surface area (Å²) in [5.41, 5.74) is 3.99. The highest BCUT2D eigenvalue weighted by atomic mass is 16.2. The van der Waals surface area contributed by atoms with Gasteiger partial charge >= 0.3 is 0 Å². The highest BCUT2D eigenvalue weighted by Crippen LogP contribution is 2.24. The van der Waals surface area contributed by atoms with Gasteiger partial charge in [-0.25, -0.2) is 4.68 Å². The zero-order valence-electron chi connectivity index (χ0n) is 14.6. The number of carbonyl (C=O) groups is 1. The SMILES string of the molecule is Cc1cc(NC(=O)Cn2nc(C3=CCCCC3)ccc2=O)cc(C)n1. The number of anilines is 1. The van der Waals surface area contributed by atoms with Gasteiger partial charge in [0, 0.05) is 23.1 Å². The first-order valence-electron chi connectivity index (χ1n) is 8.54. The van der Waals surface area contributed by atoms with E-state index in [2.05, 4.69) is 21.5 Å². The number of amides is 1. The quantitative estimate of drug-likeness (QED) is 0.930. The minimum atomic E-state index is -0.283. The van der Waals surface area contributed by atoms with Gasteiger partial charge < -0.3 is 5.32 Å². The van der Waals surface area contributed by atoms with Crippen LogP contribution in [0.2, 0.25) is 0 Å².